The van der Waals surface area contributed by atoms with E-state index in [0.29, 0.717) is 21.8 Å². The summed E-state index contributed by atoms with van der Waals surface area (Å²) in [7, 11) is 0. The normalized spacial score (nSPS) is 11.3. The summed E-state index contributed by atoms with van der Waals surface area (Å²) in [5.74, 6) is 7.35. The maximum atomic E-state index is 6.22. The zero-order chi connectivity index (χ0) is 17.4. The van der Waals surface area contributed by atoms with Gasteiger partial charge in [0.2, 0.25) is 5.16 Å². The highest BCUT2D eigenvalue weighted by atomic mass is 35.5. The summed E-state index contributed by atoms with van der Waals surface area (Å²) in [6, 6.07) is 11.5. The van der Waals surface area contributed by atoms with E-state index in [0.717, 1.165) is 22.5 Å². The number of nitrogen functional groups attached to an aromatic ring is 1. The Morgan fingerprint density at radius 1 is 1.16 bits per heavy atom. The summed E-state index contributed by atoms with van der Waals surface area (Å²) in [4.78, 5) is 4.66. The minimum Gasteiger partial charge on any atom is -0.335 e. The molecule has 0 aliphatic heterocycles. The van der Waals surface area contributed by atoms with E-state index in [1.54, 1.807) is 6.07 Å². The summed E-state index contributed by atoms with van der Waals surface area (Å²) < 4.78 is 3.49. The van der Waals surface area contributed by atoms with Crippen molar-refractivity contribution in [1.82, 2.24) is 24.3 Å². The monoisotopic (exact) mass is 370 g/mol. The van der Waals surface area contributed by atoms with Crippen molar-refractivity contribution in [3.05, 3.63) is 65.1 Å². The van der Waals surface area contributed by atoms with Gasteiger partial charge in [0.1, 0.15) is 5.65 Å². The first kappa shape index (κ1) is 16.0. The lowest BCUT2D eigenvalue weighted by molar-refractivity contribution is 0.849. The van der Waals surface area contributed by atoms with Crippen LogP contribution in [-0.2, 0) is 5.75 Å². The Morgan fingerprint density at radius 2 is 2.00 bits per heavy atom. The van der Waals surface area contributed by atoms with Gasteiger partial charge in [-0.25, -0.2) is 9.66 Å². The number of thioether (sulfide) groups is 1. The highest BCUT2D eigenvalue weighted by Crippen LogP contribution is 2.28. The number of pyridine rings is 1. The molecule has 0 radical (unpaired) electrons. The predicted octanol–water partition coefficient (Wildman–Crippen LogP) is 3.56. The maximum absolute atomic E-state index is 6.22. The van der Waals surface area contributed by atoms with Gasteiger partial charge in [0.05, 0.1) is 10.7 Å². The third kappa shape index (κ3) is 2.96. The molecule has 0 aliphatic carbocycles. The van der Waals surface area contributed by atoms with Crippen LogP contribution in [0.25, 0.3) is 17.0 Å². The van der Waals surface area contributed by atoms with Crippen LogP contribution in [0.4, 0.5) is 0 Å². The summed E-state index contributed by atoms with van der Waals surface area (Å²) in [5.41, 5.74) is 3.82. The molecule has 0 fully saturated rings. The van der Waals surface area contributed by atoms with Crippen LogP contribution in [0.1, 0.15) is 11.3 Å². The molecule has 0 saturated heterocycles. The molecule has 3 aromatic heterocycles. The third-order valence-electron chi connectivity index (χ3n) is 3.86. The number of aromatic nitrogens is 5. The van der Waals surface area contributed by atoms with Gasteiger partial charge in [-0.3, -0.25) is 0 Å². The van der Waals surface area contributed by atoms with Crippen LogP contribution >= 0.6 is 23.4 Å². The number of benzene rings is 1. The highest BCUT2D eigenvalue weighted by molar-refractivity contribution is 7.98. The molecule has 0 bridgehead atoms. The predicted molar refractivity (Wildman–Crippen MR) is 100 cm³/mol. The second kappa shape index (κ2) is 6.42. The van der Waals surface area contributed by atoms with Crippen molar-refractivity contribution >= 4 is 29.0 Å². The Morgan fingerprint density at radius 3 is 2.80 bits per heavy atom. The van der Waals surface area contributed by atoms with Crippen molar-refractivity contribution in [3.8, 4) is 11.4 Å². The fourth-order valence-corrected chi connectivity index (χ4v) is 3.57. The first-order valence-electron chi connectivity index (χ1n) is 7.65. The second-order valence-electron chi connectivity index (χ2n) is 5.60. The van der Waals surface area contributed by atoms with Crippen molar-refractivity contribution in [1.29, 1.82) is 0 Å². The van der Waals surface area contributed by atoms with E-state index in [4.69, 9.17) is 17.4 Å². The van der Waals surface area contributed by atoms with Gasteiger partial charge >= 0.3 is 0 Å². The average Bonchev–Trinajstić information content (AvgIpc) is 3.18. The van der Waals surface area contributed by atoms with Gasteiger partial charge in [0, 0.05) is 23.7 Å². The molecule has 1 aromatic carbocycles. The maximum Gasteiger partial charge on any atom is 0.210 e. The Balaban J connectivity index is 1.57. The third-order valence-corrected chi connectivity index (χ3v) is 5.16. The molecule has 3 heterocycles. The van der Waals surface area contributed by atoms with E-state index >= 15 is 0 Å². The van der Waals surface area contributed by atoms with Crippen molar-refractivity contribution in [2.24, 2.45) is 0 Å². The fourth-order valence-electron chi connectivity index (χ4n) is 2.61. The van der Waals surface area contributed by atoms with Crippen LogP contribution < -0.4 is 5.84 Å². The molecule has 0 aliphatic rings. The second-order valence-corrected chi connectivity index (χ2v) is 6.95. The largest absolute Gasteiger partial charge is 0.335 e. The number of imidazole rings is 1. The lowest BCUT2D eigenvalue weighted by Gasteiger charge is -2.04. The zero-order valence-corrected chi connectivity index (χ0v) is 15.0. The van der Waals surface area contributed by atoms with Crippen LogP contribution in [0.15, 0.2) is 53.9 Å². The Hall–Kier alpha value is -2.51. The molecule has 0 amide bonds. The molecule has 126 valence electrons. The molecule has 0 saturated carbocycles. The van der Waals surface area contributed by atoms with Gasteiger partial charge in [-0.1, -0.05) is 41.6 Å². The minimum atomic E-state index is 0.541. The number of fused-ring (bicyclic) bond motifs is 1. The quantitative estimate of drug-likeness (QED) is 0.439. The molecule has 4 rings (SSSR count). The molecule has 8 heteroatoms. The molecule has 2 N–H and O–H groups in total. The average molecular weight is 371 g/mol. The Labute approximate surface area is 153 Å². The molecule has 6 nitrogen and oxygen atoms in total. The number of rotatable bonds is 4. The van der Waals surface area contributed by atoms with Gasteiger partial charge in [-0.15, -0.1) is 10.2 Å². The number of halogens is 1. The zero-order valence-electron chi connectivity index (χ0n) is 13.4. The van der Waals surface area contributed by atoms with E-state index in [9.17, 15) is 0 Å². The van der Waals surface area contributed by atoms with Crippen LogP contribution in [0.3, 0.4) is 0 Å². The van der Waals surface area contributed by atoms with Crippen molar-refractivity contribution in [3.63, 3.8) is 0 Å². The number of nitrogens with two attached hydrogens (primary N) is 1. The van der Waals surface area contributed by atoms with E-state index in [1.165, 1.54) is 16.4 Å². The Kier molecular flexibility index (Phi) is 4.10. The van der Waals surface area contributed by atoms with Crippen molar-refractivity contribution < 1.29 is 0 Å². The van der Waals surface area contributed by atoms with Crippen LogP contribution in [0.2, 0.25) is 5.02 Å². The van der Waals surface area contributed by atoms with E-state index in [1.807, 2.05) is 54.0 Å². The number of hydrogen-bond acceptors (Lipinski definition) is 5. The minimum absolute atomic E-state index is 0.541. The van der Waals surface area contributed by atoms with Gasteiger partial charge in [-0.05, 0) is 30.7 Å². The van der Waals surface area contributed by atoms with E-state index in [2.05, 4.69) is 15.2 Å². The first-order valence-corrected chi connectivity index (χ1v) is 9.01. The molecule has 0 unspecified atom stereocenters. The van der Waals surface area contributed by atoms with Gasteiger partial charge in [0.25, 0.3) is 0 Å². The van der Waals surface area contributed by atoms with Crippen LogP contribution in [-0.4, -0.2) is 24.3 Å². The fraction of sp³-hybridized carbons (Fsp3) is 0.118. The molecule has 0 atom stereocenters. The number of aryl methyl sites for hydroxylation is 1. The summed E-state index contributed by atoms with van der Waals surface area (Å²) in [6.45, 7) is 2.05. The first-order chi connectivity index (χ1) is 12.1. The van der Waals surface area contributed by atoms with Gasteiger partial charge in [-0.2, -0.15) is 0 Å². The van der Waals surface area contributed by atoms with Crippen molar-refractivity contribution in [2.45, 2.75) is 17.8 Å². The smallest absolute Gasteiger partial charge is 0.210 e. The molecular formula is C17H15ClN6S. The lowest BCUT2D eigenvalue weighted by atomic mass is 10.2. The van der Waals surface area contributed by atoms with Crippen LogP contribution in [0, 0.1) is 6.92 Å². The van der Waals surface area contributed by atoms with E-state index in [-0.39, 0.29) is 0 Å². The molecular weight excluding hydrogens is 356 g/mol. The van der Waals surface area contributed by atoms with Gasteiger partial charge in [0.15, 0.2) is 5.82 Å². The van der Waals surface area contributed by atoms with E-state index < -0.39 is 0 Å². The topological polar surface area (TPSA) is 74.0 Å². The molecule has 4 aromatic rings. The number of nitrogens with zero attached hydrogens (tertiary/aromatic N) is 5. The number of hydrogen-bond donors (Lipinski definition) is 1. The van der Waals surface area contributed by atoms with Gasteiger partial charge < -0.3 is 10.2 Å². The summed E-state index contributed by atoms with van der Waals surface area (Å²) in [6.07, 6.45) is 4.01. The highest BCUT2D eigenvalue weighted by Gasteiger charge is 2.15. The summed E-state index contributed by atoms with van der Waals surface area (Å²) >= 11 is 7.70. The standard InChI is InChI=1S/C17H15ClN6S/c1-11-5-4-8-23-9-12(20-15(11)23)10-25-17-22-21-16(24(17)19)13-6-2-3-7-14(13)18/h2-9H,10,19H2,1H3. The SMILES string of the molecule is Cc1cccn2cc(CSc3nnc(-c4ccccc4Cl)n3N)nc12. The molecule has 25 heavy (non-hydrogen) atoms. The summed E-state index contributed by atoms with van der Waals surface area (Å²) in [5, 5.41) is 9.56. The van der Waals surface area contributed by atoms with Crippen LogP contribution in [0.5, 0.6) is 0 Å². The lowest BCUT2D eigenvalue weighted by Crippen LogP contribution is -2.11. The van der Waals surface area contributed by atoms with Crippen molar-refractivity contribution in [2.75, 3.05) is 5.84 Å². The molecule has 0 spiro atoms. The Bertz CT molecular complexity index is 1050.